The van der Waals surface area contributed by atoms with Gasteiger partial charge in [-0.15, -0.1) is 0 Å². The van der Waals surface area contributed by atoms with Gasteiger partial charge < -0.3 is 9.47 Å². The van der Waals surface area contributed by atoms with Gasteiger partial charge in [0.15, 0.2) is 6.10 Å². The zero-order valence-electron chi connectivity index (χ0n) is 16.6. The van der Waals surface area contributed by atoms with Crippen molar-refractivity contribution in [2.45, 2.75) is 25.9 Å². The highest BCUT2D eigenvalue weighted by atomic mass is 35.5. The van der Waals surface area contributed by atoms with Crippen LogP contribution in [0.25, 0.3) is 0 Å². The van der Waals surface area contributed by atoms with E-state index in [1.807, 2.05) is 78.9 Å². The summed E-state index contributed by atoms with van der Waals surface area (Å²) in [4.78, 5) is 0. The highest BCUT2D eigenvalue weighted by Gasteiger charge is 2.20. The van der Waals surface area contributed by atoms with Crippen molar-refractivity contribution in [3.8, 4) is 17.6 Å². The molecule has 2 atom stereocenters. The van der Waals surface area contributed by atoms with Crippen LogP contribution in [0.1, 0.15) is 37.0 Å². The van der Waals surface area contributed by atoms with E-state index < -0.39 is 6.10 Å². The Bertz CT molecular complexity index is 949. The van der Waals surface area contributed by atoms with Gasteiger partial charge >= 0.3 is 0 Å². The highest BCUT2D eigenvalue weighted by Crippen LogP contribution is 2.30. The summed E-state index contributed by atoms with van der Waals surface area (Å²) in [5, 5.41) is 10.4. The fraction of sp³-hybridized carbons (Fsp3) is 0.240. The van der Waals surface area contributed by atoms with Gasteiger partial charge in [-0.1, -0.05) is 67.9 Å². The molecule has 0 N–H and O–H groups in total. The largest absolute Gasteiger partial charge is 0.457 e. The van der Waals surface area contributed by atoms with Crippen LogP contribution in [0.15, 0.2) is 78.9 Å². The molecule has 0 saturated heterocycles. The van der Waals surface area contributed by atoms with Crippen LogP contribution in [-0.2, 0) is 4.74 Å². The molecule has 3 aromatic carbocycles. The molecular formula is C25H24ClNO2. The summed E-state index contributed by atoms with van der Waals surface area (Å²) in [6, 6.07) is 27.1. The number of para-hydroxylation sites is 1. The second-order valence-electron chi connectivity index (χ2n) is 7.23. The quantitative estimate of drug-likeness (QED) is 0.399. The molecule has 0 aliphatic carbocycles. The molecule has 2 unspecified atom stereocenters. The maximum absolute atomic E-state index is 9.69. The number of hydrogen-bond acceptors (Lipinski definition) is 3. The molecule has 0 saturated carbocycles. The van der Waals surface area contributed by atoms with Gasteiger partial charge in [0.25, 0.3) is 0 Å². The summed E-state index contributed by atoms with van der Waals surface area (Å²) in [6.07, 6.45) is -0.664. The number of nitrogens with zero attached hydrogens (tertiary/aromatic N) is 1. The minimum atomic E-state index is -0.664. The molecule has 3 aromatic rings. The van der Waals surface area contributed by atoms with Crippen LogP contribution < -0.4 is 4.74 Å². The van der Waals surface area contributed by atoms with Crippen molar-refractivity contribution in [3.05, 3.63) is 95.0 Å². The summed E-state index contributed by atoms with van der Waals surface area (Å²) < 4.78 is 11.9. The third-order valence-electron chi connectivity index (χ3n) is 4.80. The van der Waals surface area contributed by atoms with Gasteiger partial charge in [0.1, 0.15) is 11.5 Å². The molecule has 148 valence electrons. The van der Waals surface area contributed by atoms with E-state index in [0.29, 0.717) is 23.3 Å². The summed E-state index contributed by atoms with van der Waals surface area (Å²) in [5.74, 6) is 1.97. The fourth-order valence-corrected chi connectivity index (χ4v) is 3.28. The first kappa shape index (κ1) is 20.9. The SMILES string of the molecule is CC(C)C(COC(C#N)c1cccc(Oc2ccccc2)c1)c1ccc(Cl)cc1. The Morgan fingerprint density at radius 3 is 2.21 bits per heavy atom. The van der Waals surface area contributed by atoms with E-state index >= 15 is 0 Å². The Morgan fingerprint density at radius 2 is 1.55 bits per heavy atom. The van der Waals surface area contributed by atoms with Crippen LogP contribution in [0.3, 0.4) is 0 Å². The Kier molecular flexibility index (Phi) is 7.30. The van der Waals surface area contributed by atoms with E-state index in [2.05, 4.69) is 19.9 Å². The van der Waals surface area contributed by atoms with Crippen LogP contribution in [0.4, 0.5) is 0 Å². The molecule has 4 heteroatoms. The molecule has 0 amide bonds. The zero-order valence-corrected chi connectivity index (χ0v) is 17.3. The molecule has 0 radical (unpaired) electrons. The first-order chi connectivity index (χ1) is 14.1. The van der Waals surface area contributed by atoms with Crippen LogP contribution in [0, 0.1) is 17.2 Å². The summed E-state index contributed by atoms with van der Waals surface area (Å²) in [5.41, 5.74) is 1.93. The first-order valence-corrected chi connectivity index (χ1v) is 10.0. The van der Waals surface area contributed by atoms with Crippen molar-refractivity contribution in [3.63, 3.8) is 0 Å². The summed E-state index contributed by atoms with van der Waals surface area (Å²) in [7, 11) is 0. The predicted octanol–water partition coefficient (Wildman–Crippen LogP) is 7.15. The van der Waals surface area contributed by atoms with E-state index in [9.17, 15) is 5.26 Å². The smallest absolute Gasteiger partial charge is 0.169 e. The molecule has 0 aliphatic rings. The van der Waals surface area contributed by atoms with Gasteiger partial charge in [0.05, 0.1) is 12.7 Å². The van der Waals surface area contributed by atoms with E-state index in [0.717, 1.165) is 16.9 Å². The third kappa shape index (κ3) is 5.84. The average molecular weight is 406 g/mol. The standard InChI is InChI=1S/C25H24ClNO2/c1-18(2)24(19-11-13-21(26)14-12-19)17-28-25(16-27)20-7-6-10-23(15-20)29-22-8-4-3-5-9-22/h3-15,18,24-25H,17H2,1-2H3. The lowest BCUT2D eigenvalue weighted by Crippen LogP contribution is -2.16. The van der Waals surface area contributed by atoms with Gasteiger partial charge in [0.2, 0.25) is 0 Å². The van der Waals surface area contributed by atoms with Crippen LogP contribution in [0.2, 0.25) is 5.02 Å². The fourth-order valence-electron chi connectivity index (χ4n) is 3.16. The summed E-state index contributed by atoms with van der Waals surface area (Å²) in [6.45, 7) is 4.75. The Labute approximate surface area is 177 Å². The molecule has 0 heterocycles. The molecule has 0 spiro atoms. The lowest BCUT2D eigenvalue weighted by molar-refractivity contribution is 0.0688. The van der Waals surface area contributed by atoms with Crippen molar-refractivity contribution in [1.29, 1.82) is 5.26 Å². The molecule has 0 aromatic heterocycles. The number of halogens is 1. The maximum atomic E-state index is 9.69. The second-order valence-corrected chi connectivity index (χ2v) is 7.67. The zero-order chi connectivity index (χ0) is 20.6. The van der Waals surface area contributed by atoms with E-state index in [4.69, 9.17) is 21.1 Å². The van der Waals surface area contributed by atoms with E-state index in [1.165, 1.54) is 0 Å². The monoisotopic (exact) mass is 405 g/mol. The van der Waals surface area contributed by atoms with Crippen LogP contribution in [0.5, 0.6) is 11.5 Å². The minimum absolute atomic E-state index is 0.173. The van der Waals surface area contributed by atoms with Gasteiger partial charge in [-0.2, -0.15) is 5.26 Å². The highest BCUT2D eigenvalue weighted by molar-refractivity contribution is 6.30. The molecular weight excluding hydrogens is 382 g/mol. The van der Waals surface area contributed by atoms with Crippen LogP contribution in [-0.4, -0.2) is 6.61 Å². The van der Waals surface area contributed by atoms with Gasteiger partial charge in [-0.3, -0.25) is 0 Å². The lowest BCUT2D eigenvalue weighted by Gasteiger charge is -2.23. The maximum Gasteiger partial charge on any atom is 0.169 e. The topological polar surface area (TPSA) is 42.2 Å². The number of ether oxygens (including phenoxy) is 2. The second kappa shape index (κ2) is 10.1. The van der Waals surface area contributed by atoms with Crippen molar-refractivity contribution in [1.82, 2.24) is 0 Å². The molecule has 3 rings (SSSR count). The van der Waals surface area contributed by atoms with Crippen molar-refractivity contribution < 1.29 is 9.47 Å². The molecule has 3 nitrogen and oxygen atoms in total. The minimum Gasteiger partial charge on any atom is -0.457 e. The molecule has 29 heavy (non-hydrogen) atoms. The first-order valence-electron chi connectivity index (χ1n) is 9.66. The molecule has 0 aliphatic heterocycles. The van der Waals surface area contributed by atoms with Gasteiger partial charge in [-0.05, 0) is 53.4 Å². The molecule has 0 fully saturated rings. The van der Waals surface area contributed by atoms with Crippen molar-refractivity contribution in [2.75, 3.05) is 6.61 Å². The predicted molar refractivity (Wildman–Crippen MR) is 116 cm³/mol. The lowest BCUT2D eigenvalue weighted by atomic mass is 9.89. The number of nitriles is 1. The van der Waals surface area contributed by atoms with E-state index in [1.54, 1.807) is 0 Å². The molecule has 0 bridgehead atoms. The number of hydrogen-bond donors (Lipinski definition) is 0. The third-order valence-corrected chi connectivity index (χ3v) is 5.05. The number of benzene rings is 3. The van der Waals surface area contributed by atoms with E-state index in [-0.39, 0.29) is 5.92 Å². The Hall–Kier alpha value is -2.80. The summed E-state index contributed by atoms with van der Waals surface area (Å²) >= 11 is 6.01. The normalized spacial score (nSPS) is 12.9. The Morgan fingerprint density at radius 1 is 0.862 bits per heavy atom. The van der Waals surface area contributed by atoms with Gasteiger partial charge in [-0.25, -0.2) is 0 Å². The number of rotatable bonds is 8. The van der Waals surface area contributed by atoms with Gasteiger partial charge in [0, 0.05) is 10.9 Å². The van der Waals surface area contributed by atoms with Crippen molar-refractivity contribution >= 4 is 11.6 Å². The van der Waals surface area contributed by atoms with Crippen molar-refractivity contribution in [2.24, 2.45) is 5.92 Å². The average Bonchev–Trinajstić information content (AvgIpc) is 2.73. The Balaban J connectivity index is 1.71. The van der Waals surface area contributed by atoms with Crippen LogP contribution >= 0.6 is 11.6 Å².